The summed E-state index contributed by atoms with van der Waals surface area (Å²) in [6.45, 7) is 6.39. The Morgan fingerprint density at radius 2 is 0.913 bits per heavy atom. The molecular weight excluding hydrogens is 290 g/mol. The van der Waals surface area contributed by atoms with Gasteiger partial charge in [-0.15, -0.1) is 0 Å². The van der Waals surface area contributed by atoms with Gasteiger partial charge in [-0.25, -0.2) is 8.78 Å². The molecule has 3 aliphatic carbocycles. The third-order valence-corrected chi connectivity index (χ3v) is 6.94. The van der Waals surface area contributed by atoms with E-state index < -0.39 is 12.3 Å². The summed E-state index contributed by atoms with van der Waals surface area (Å²) in [4.78, 5) is 0. The van der Waals surface area contributed by atoms with Crippen molar-refractivity contribution in [2.75, 3.05) is 0 Å². The normalized spacial score (nSPS) is 45.0. The fraction of sp³-hybridized carbons (Fsp3) is 1.00. The topological polar surface area (TPSA) is 0 Å². The lowest BCUT2D eigenvalue weighted by Crippen LogP contribution is -2.34. The summed E-state index contributed by atoms with van der Waals surface area (Å²) in [6.07, 6.45) is 10.5. The SMILES string of the molecule is CC.CC1CCC(C2CCC(C3CCC(F)C(F)C3)CC2)CC1. The lowest BCUT2D eigenvalue weighted by atomic mass is 9.65. The van der Waals surface area contributed by atoms with Crippen LogP contribution in [-0.2, 0) is 0 Å². The van der Waals surface area contributed by atoms with Gasteiger partial charge < -0.3 is 0 Å². The van der Waals surface area contributed by atoms with Gasteiger partial charge in [0.15, 0.2) is 0 Å². The van der Waals surface area contributed by atoms with E-state index in [9.17, 15) is 8.78 Å². The Morgan fingerprint density at radius 1 is 0.522 bits per heavy atom. The van der Waals surface area contributed by atoms with Crippen molar-refractivity contribution >= 4 is 0 Å². The second kappa shape index (κ2) is 9.37. The molecular formula is C21H38F2. The first kappa shape index (κ1) is 19.2. The van der Waals surface area contributed by atoms with Crippen LogP contribution in [-0.4, -0.2) is 12.3 Å². The van der Waals surface area contributed by atoms with Gasteiger partial charge in [0.2, 0.25) is 0 Å². The molecule has 0 aliphatic heterocycles. The molecule has 3 atom stereocenters. The van der Waals surface area contributed by atoms with Crippen LogP contribution in [0.5, 0.6) is 0 Å². The summed E-state index contributed by atoms with van der Waals surface area (Å²) in [5, 5.41) is 0. The highest BCUT2D eigenvalue weighted by Gasteiger charge is 2.37. The lowest BCUT2D eigenvalue weighted by molar-refractivity contribution is 0.0476. The molecule has 0 nitrogen and oxygen atoms in total. The van der Waals surface area contributed by atoms with Gasteiger partial charge in [0, 0.05) is 0 Å². The third-order valence-electron chi connectivity index (χ3n) is 6.94. The van der Waals surface area contributed by atoms with Crippen LogP contribution in [0.25, 0.3) is 0 Å². The summed E-state index contributed by atoms with van der Waals surface area (Å²) < 4.78 is 26.9. The Hall–Kier alpha value is -0.140. The van der Waals surface area contributed by atoms with Crippen molar-refractivity contribution in [2.24, 2.45) is 29.6 Å². The van der Waals surface area contributed by atoms with Crippen LogP contribution in [0.2, 0.25) is 0 Å². The predicted octanol–water partition coefficient (Wildman–Crippen LogP) is 7.12. The van der Waals surface area contributed by atoms with Crippen molar-refractivity contribution in [3.05, 3.63) is 0 Å². The fourth-order valence-electron chi connectivity index (χ4n) is 5.38. The molecule has 0 N–H and O–H groups in total. The first-order valence-electron chi connectivity index (χ1n) is 10.4. The monoisotopic (exact) mass is 328 g/mol. The quantitative estimate of drug-likeness (QED) is 0.506. The Bertz CT molecular complexity index is 314. The molecule has 3 aliphatic rings. The molecule has 0 saturated heterocycles. The van der Waals surface area contributed by atoms with E-state index in [0.29, 0.717) is 24.7 Å². The van der Waals surface area contributed by atoms with Gasteiger partial charge in [-0.2, -0.15) is 0 Å². The maximum absolute atomic E-state index is 13.6. The van der Waals surface area contributed by atoms with Crippen LogP contribution in [0.1, 0.15) is 91.4 Å². The zero-order valence-electron chi connectivity index (χ0n) is 15.6. The molecule has 2 heteroatoms. The molecule has 3 fully saturated rings. The molecule has 136 valence electrons. The van der Waals surface area contributed by atoms with Crippen molar-refractivity contribution < 1.29 is 8.78 Å². The van der Waals surface area contributed by atoms with Crippen molar-refractivity contribution in [1.29, 1.82) is 0 Å². The van der Waals surface area contributed by atoms with E-state index in [1.54, 1.807) is 0 Å². The first-order valence-corrected chi connectivity index (χ1v) is 10.4. The average Bonchev–Trinajstić information content (AvgIpc) is 2.60. The van der Waals surface area contributed by atoms with Crippen LogP contribution in [0.15, 0.2) is 0 Å². The molecule has 0 bridgehead atoms. The summed E-state index contributed by atoms with van der Waals surface area (Å²) in [6, 6.07) is 0. The van der Waals surface area contributed by atoms with Gasteiger partial charge in [-0.1, -0.05) is 33.6 Å². The van der Waals surface area contributed by atoms with Crippen molar-refractivity contribution in [3.63, 3.8) is 0 Å². The molecule has 0 radical (unpaired) electrons. The summed E-state index contributed by atoms with van der Waals surface area (Å²) in [5.41, 5.74) is 0. The summed E-state index contributed by atoms with van der Waals surface area (Å²) in [5.74, 6) is 4.01. The van der Waals surface area contributed by atoms with Gasteiger partial charge in [0.25, 0.3) is 0 Å². The molecule has 0 spiro atoms. The largest absolute Gasteiger partial charge is 0.244 e. The second-order valence-electron chi connectivity index (χ2n) is 8.30. The molecule has 3 unspecified atom stereocenters. The number of rotatable bonds is 2. The molecule has 23 heavy (non-hydrogen) atoms. The van der Waals surface area contributed by atoms with Gasteiger partial charge in [-0.3, -0.25) is 0 Å². The minimum atomic E-state index is -1.18. The minimum Gasteiger partial charge on any atom is -0.244 e. The Labute approximate surface area is 142 Å². The molecule has 0 aromatic heterocycles. The summed E-state index contributed by atoms with van der Waals surface area (Å²) in [7, 11) is 0. The number of hydrogen-bond donors (Lipinski definition) is 0. The Morgan fingerprint density at radius 3 is 1.39 bits per heavy atom. The molecule has 3 saturated carbocycles. The number of halogens is 2. The second-order valence-corrected chi connectivity index (χ2v) is 8.30. The van der Waals surface area contributed by atoms with E-state index >= 15 is 0 Å². The molecule has 0 heterocycles. The van der Waals surface area contributed by atoms with E-state index in [4.69, 9.17) is 0 Å². The molecule has 0 amide bonds. The number of hydrogen-bond acceptors (Lipinski definition) is 0. The van der Waals surface area contributed by atoms with Crippen molar-refractivity contribution in [1.82, 2.24) is 0 Å². The highest BCUT2D eigenvalue weighted by Crippen LogP contribution is 2.45. The van der Waals surface area contributed by atoms with Crippen LogP contribution >= 0.6 is 0 Å². The van der Waals surface area contributed by atoms with E-state index in [-0.39, 0.29) is 0 Å². The van der Waals surface area contributed by atoms with Gasteiger partial charge >= 0.3 is 0 Å². The standard InChI is InChI=1S/C19H32F2.C2H6/c1-13-2-4-14(5-3-13)15-6-8-16(9-7-15)17-10-11-18(20)19(21)12-17;1-2/h13-19H,2-12H2,1H3;1-2H3. The van der Waals surface area contributed by atoms with E-state index in [2.05, 4.69) is 6.92 Å². The predicted molar refractivity (Wildman–Crippen MR) is 95.1 cm³/mol. The van der Waals surface area contributed by atoms with Gasteiger partial charge in [0.05, 0.1) is 0 Å². The van der Waals surface area contributed by atoms with E-state index in [0.717, 1.165) is 24.2 Å². The zero-order valence-corrected chi connectivity index (χ0v) is 15.6. The Kier molecular flexibility index (Phi) is 7.82. The third kappa shape index (κ3) is 5.16. The fourth-order valence-corrected chi connectivity index (χ4v) is 5.38. The van der Waals surface area contributed by atoms with Crippen LogP contribution in [0.3, 0.4) is 0 Å². The van der Waals surface area contributed by atoms with Gasteiger partial charge in [0.1, 0.15) is 12.3 Å². The minimum absolute atomic E-state index is 0.465. The highest BCUT2D eigenvalue weighted by atomic mass is 19.2. The number of alkyl halides is 2. The average molecular weight is 329 g/mol. The van der Waals surface area contributed by atoms with E-state index in [1.165, 1.54) is 51.4 Å². The maximum atomic E-state index is 13.6. The van der Waals surface area contributed by atoms with Crippen molar-refractivity contribution in [3.8, 4) is 0 Å². The van der Waals surface area contributed by atoms with E-state index in [1.807, 2.05) is 13.8 Å². The Balaban J connectivity index is 0.000000924. The first-order chi connectivity index (χ1) is 11.1. The van der Waals surface area contributed by atoms with Crippen molar-refractivity contribution in [2.45, 2.75) is 104 Å². The van der Waals surface area contributed by atoms with Crippen LogP contribution in [0.4, 0.5) is 8.78 Å². The zero-order chi connectivity index (χ0) is 16.8. The summed E-state index contributed by atoms with van der Waals surface area (Å²) >= 11 is 0. The maximum Gasteiger partial charge on any atom is 0.131 e. The lowest BCUT2D eigenvalue weighted by Gasteiger charge is -2.41. The molecule has 3 rings (SSSR count). The molecule has 0 aromatic rings. The van der Waals surface area contributed by atoms with Crippen LogP contribution in [0, 0.1) is 29.6 Å². The smallest absolute Gasteiger partial charge is 0.131 e. The van der Waals surface area contributed by atoms with Crippen LogP contribution < -0.4 is 0 Å². The highest BCUT2D eigenvalue weighted by molar-refractivity contribution is 4.87. The van der Waals surface area contributed by atoms with Gasteiger partial charge in [-0.05, 0) is 87.4 Å². The molecule has 0 aromatic carbocycles.